The zero-order chi connectivity index (χ0) is 8.97. The lowest BCUT2D eigenvalue weighted by Crippen LogP contribution is -2.38. The number of hydrogen-bond donors (Lipinski definition) is 0. The molecule has 1 aliphatic heterocycles. The number of amides is 1. The maximum absolute atomic E-state index is 11.2. The van der Waals surface area contributed by atoms with Crippen LogP contribution >= 0.6 is 0 Å². The molecule has 3 nitrogen and oxygen atoms in total. The molecule has 0 N–H and O–H groups in total. The van der Waals surface area contributed by atoms with Crippen molar-refractivity contribution in [3.63, 3.8) is 0 Å². The Balaban J connectivity index is 2.35. The van der Waals surface area contributed by atoms with Gasteiger partial charge in [0.15, 0.2) is 0 Å². The number of rotatable bonds is 2. The Bertz CT molecular complexity index is 171. The SMILES string of the molecule is CCC(=O)N1CCC(C=O)CC1. The fourth-order valence-corrected chi connectivity index (χ4v) is 1.51. The summed E-state index contributed by atoms with van der Waals surface area (Å²) in [6.45, 7) is 3.39. The monoisotopic (exact) mass is 169 g/mol. The Hall–Kier alpha value is -0.860. The summed E-state index contributed by atoms with van der Waals surface area (Å²) in [6, 6.07) is 0. The zero-order valence-electron chi connectivity index (χ0n) is 7.45. The van der Waals surface area contributed by atoms with Crippen LogP contribution in [0.25, 0.3) is 0 Å². The minimum atomic E-state index is 0.186. The van der Waals surface area contributed by atoms with Gasteiger partial charge in [0.25, 0.3) is 0 Å². The molecule has 3 heteroatoms. The van der Waals surface area contributed by atoms with Crippen molar-refractivity contribution >= 4 is 12.2 Å². The molecular weight excluding hydrogens is 154 g/mol. The molecule has 1 heterocycles. The number of aldehydes is 1. The Morgan fingerprint density at radius 3 is 2.50 bits per heavy atom. The second-order valence-electron chi connectivity index (χ2n) is 3.21. The van der Waals surface area contributed by atoms with Crippen molar-refractivity contribution in [3.05, 3.63) is 0 Å². The summed E-state index contributed by atoms with van der Waals surface area (Å²) in [5.41, 5.74) is 0. The lowest BCUT2D eigenvalue weighted by atomic mass is 9.98. The molecule has 0 atom stereocenters. The first-order chi connectivity index (χ1) is 5.77. The molecule has 1 aliphatic rings. The van der Waals surface area contributed by atoms with E-state index in [4.69, 9.17) is 0 Å². The normalized spacial score (nSPS) is 19.2. The predicted molar refractivity (Wildman–Crippen MR) is 45.7 cm³/mol. The van der Waals surface area contributed by atoms with Gasteiger partial charge in [-0.1, -0.05) is 6.92 Å². The fraction of sp³-hybridized carbons (Fsp3) is 0.778. The Kier molecular flexibility index (Phi) is 3.26. The minimum Gasteiger partial charge on any atom is -0.343 e. The highest BCUT2D eigenvalue weighted by Crippen LogP contribution is 2.15. The third-order valence-electron chi connectivity index (χ3n) is 2.39. The van der Waals surface area contributed by atoms with E-state index in [1.165, 1.54) is 0 Å². The lowest BCUT2D eigenvalue weighted by molar-refractivity contribution is -0.133. The molecule has 1 amide bonds. The highest BCUT2D eigenvalue weighted by Gasteiger charge is 2.20. The van der Waals surface area contributed by atoms with Gasteiger partial charge in [0.1, 0.15) is 6.29 Å². The minimum absolute atomic E-state index is 0.186. The summed E-state index contributed by atoms with van der Waals surface area (Å²) in [5.74, 6) is 0.394. The van der Waals surface area contributed by atoms with Gasteiger partial charge in [-0.15, -0.1) is 0 Å². The second kappa shape index (κ2) is 4.24. The van der Waals surface area contributed by atoms with Gasteiger partial charge in [-0.25, -0.2) is 0 Å². The van der Waals surface area contributed by atoms with E-state index in [1.807, 2.05) is 11.8 Å². The number of likely N-dealkylation sites (tertiary alicyclic amines) is 1. The van der Waals surface area contributed by atoms with Gasteiger partial charge in [0.05, 0.1) is 0 Å². The molecule has 1 rings (SSSR count). The highest BCUT2D eigenvalue weighted by atomic mass is 16.2. The van der Waals surface area contributed by atoms with Gasteiger partial charge < -0.3 is 9.69 Å². The lowest BCUT2D eigenvalue weighted by Gasteiger charge is -2.29. The molecular formula is C9H15NO2. The molecule has 1 saturated heterocycles. The molecule has 0 aliphatic carbocycles. The first-order valence-electron chi connectivity index (χ1n) is 4.51. The Labute approximate surface area is 72.7 Å². The summed E-state index contributed by atoms with van der Waals surface area (Å²) in [7, 11) is 0. The van der Waals surface area contributed by atoms with Crippen LogP contribution in [-0.4, -0.2) is 30.2 Å². The molecule has 0 spiro atoms. The van der Waals surface area contributed by atoms with E-state index in [-0.39, 0.29) is 11.8 Å². The molecule has 0 aromatic heterocycles. The zero-order valence-corrected chi connectivity index (χ0v) is 7.45. The maximum Gasteiger partial charge on any atom is 0.222 e. The predicted octanol–water partition coefficient (Wildman–Crippen LogP) is 0.834. The third-order valence-corrected chi connectivity index (χ3v) is 2.39. The van der Waals surface area contributed by atoms with E-state index in [2.05, 4.69) is 0 Å². The molecule has 12 heavy (non-hydrogen) atoms. The smallest absolute Gasteiger partial charge is 0.222 e. The van der Waals surface area contributed by atoms with Crippen molar-refractivity contribution in [1.29, 1.82) is 0 Å². The van der Waals surface area contributed by atoms with Crippen molar-refractivity contribution in [2.45, 2.75) is 26.2 Å². The van der Waals surface area contributed by atoms with Crippen molar-refractivity contribution in [3.8, 4) is 0 Å². The standard InChI is InChI=1S/C9H15NO2/c1-2-9(12)10-5-3-8(7-11)4-6-10/h7-8H,2-6H2,1H3. The van der Waals surface area contributed by atoms with Crippen molar-refractivity contribution in [1.82, 2.24) is 4.90 Å². The number of nitrogens with zero attached hydrogens (tertiary/aromatic N) is 1. The van der Waals surface area contributed by atoms with Gasteiger partial charge in [-0.3, -0.25) is 4.79 Å². The van der Waals surface area contributed by atoms with Gasteiger partial charge in [0, 0.05) is 25.4 Å². The molecule has 0 saturated carbocycles. The van der Waals surface area contributed by atoms with Crippen LogP contribution in [0.3, 0.4) is 0 Å². The molecule has 0 unspecified atom stereocenters. The van der Waals surface area contributed by atoms with Gasteiger partial charge in [-0.05, 0) is 12.8 Å². The quantitative estimate of drug-likeness (QED) is 0.574. The van der Waals surface area contributed by atoms with E-state index >= 15 is 0 Å². The van der Waals surface area contributed by atoms with Crippen molar-refractivity contribution < 1.29 is 9.59 Å². The average molecular weight is 169 g/mol. The summed E-state index contributed by atoms with van der Waals surface area (Å²) in [5, 5.41) is 0. The van der Waals surface area contributed by atoms with Crippen LogP contribution in [0.2, 0.25) is 0 Å². The Morgan fingerprint density at radius 2 is 2.08 bits per heavy atom. The number of hydrogen-bond acceptors (Lipinski definition) is 2. The summed E-state index contributed by atoms with van der Waals surface area (Å²) in [6.07, 6.45) is 3.27. The first-order valence-corrected chi connectivity index (χ1v) is 4.51. The summed E-state index contributed by atoms with van der Waals surface area (Å²) in [4.78, 5) is 23.4. The second-order valence-corrected chi connectivity index (χ2v) is 3.21. The van der Waals surface area contributed by atoms with Crippen LogP contribution in [0.1, 0.15) is 26.2 Å². The van der Waals surface area contributed by atoms with Crippen molar-refractivity contribution in [2.24, 2.45) is 5.92 Å². The van der Waals surface area contributed by atoms with Crippen LogP contribution in [0.15, 0.2) is 0 Å². The van der Waals surface area contributed by atoms with E-state index in [9.17, 15) is 9.59 Å². The van der Waals surface area contributed by atoms with Gasteiger partial charge >= 0.3 is 0 Å². The first kappa shape index (κ1) is 9.23. The molecule has 0 bridgehead atoms. The maximum atomic E-state index is 11.2. The van der Waals surface area contributed by atoms with Gasteiger partial charge in [-0.2, -0.15) is 0 Å². The molecule has 1 fully saturated rings. The van der Waals surface area contributed by atoms with Crippen LogP contribution in [0.4, 0.5) is 0 Å². The number of carbonyl (C=O) groups excluding carboxylic acids is 2. The van der Waals surface area contributed by atoms with E-state index in [1.54, 1.807) is 0 Å². The topological polar surface area (TPSA) is 37.4 Å². The summed E-state index contributed by atoms with van der Waals surface area (Å²) >= 11 is 0. The highest BCUT2D eigenvalue weighted by molar-refractivity contribution is 5.76. The number of carbonyl (C=O) groups is 2. The fourth-order valence-electron chi connectivity index (χ4n) is 1.51. The van der Waals surface area contributed by atoms with E-state index < -0.39 is 0 Å². The van der Waals surface area contributed by atoms with E-state index in [0.717, 1.165) is 32.2 Å². The third kappa shape index (κ3) is 2.06. The van der Waals surface area contributed by atoms with Crippen LogP contribution in [-0.2, 0) is 9.59 Å². The van der Waals surface area contributed by atoms with Gasteiger partial charge in [0.2, 0.25) is 5.91 Å². The van der Waals surface area contributed by atoms with Crippen LogP contribution < -0.4 is 0 Å². The molecule has 0 aromatic rings. The molecule has 0 radical (unpaired) electrons. The largest absolute Gasteiger partial charge is 0.343 e. The summed E-state index contributed by atoms with van der Waals surface area (Å²) < 4.78 is 0. The average Bonchev–Trinajstić information content (AvgIpc) is 2.17. The molecule has 0 aromatic carbocycles. The van der Waals surface area contributed by atoms with E-state index in [0.29, 0.717) is 6.42 Å². The van der Waals surface area contributed by atoms with Crippen molar-refractivity contribution in [2.75, 3.05) is 13.1 Å². The number of piperidine rings is 1. The Morgan fingerprint density at radius 1 is 1.50 bits per heavy atom. The van der Waals surface area contributed by atoms with Crippen LogP contribution in [0, 0.1) is 5.92 Å². The van der Waals surface area contributed by atoms with Crippen LogP contribution in [0.5, 0.6) is 0 Å². The molecule has 68 valence electrons.